The molecule has 0 atom stereocenters. The van der Waals surface area contributed by atoms with E-state index in [-0.39, 0.29) is 0 Å². The van der Waals surface area contributed by atoms with E-state index in [2.05, 4.69) is 17.2 Å². The van der Waals surface area contributed by atoms with E-state index in [1.165, 1.54) is 0 Å². The van der Waals surface area contributed by atoms with Gasteiger partial charge >= 0.3 is 0 Å². The summed E-state index contributed by atoms with van der Waals surface area (Å²) in [6.07, 6.45) is 1.78. The Bertz CT molecular complexity index is 454. The van der Waals surface area contributed by atoms with E-state index in [0.29, 0.717) is 0 Å². The first kappa shape index (κ1) is 9.28. The zero-order valence-electron chi connectivity index (χ0n) is 7.92. The number of hydrogen-bond acceptors (Lipinski definition) is 2. The normalized spacial score (nSPS) is 10.4. The van der Waals surface area contributed by atoms with Gasteiger partial charge in [-0.3, -0.25) is 4.98 Å². The fourth-order valence-electron chi connectivity index (χ4n) is 1.47. The van der Waals surface area contributed by atoms with Crippen molar-refractivity contribution in [2.45, 2.75) is 6.92 Å². The van der Waals surface area contributed by atoms with Gasteiger partial charge in [0.1, 0.15) is 0 Å². The van der Waals surface area contributed by atoms with Crippen LogP contribution in [-0.4, -0.2) is 11.5 Å². The Morgan fingerprint density at radius 1 is 1.36 bits per heavy atom. The van der Waals surface area contributed by atoms with E-state index < -0.39 is 0 Å². The van der Waals surface area contributed by atoms with Crippen LogP contribution < -0.4 is 5.32 Å². The van der Waals surface area contributed by atoms with Crippen LogP contribution in [0.25, 0.3) is 10.9 Å². The summed E-state index contributed by atoms with van der Waals surface area (Å²) >= 11 is 6.06. The van der Waals surface area contributed by atoms with Crippen LogP contribution in [0.3, 0.4) is 0 Å². The monoisotopic (exact) mass is 206 g/mol. The van der Waals surface area contributed by atoms with Crippen LogP contribution >= 0.6 is 11.6 Å². The molecule has 0 saturated carbocycles. The second kappa shape index (κ2) is 3.84. The Labute approximate surface area is 87.9 Å². The summed E-state index contributed by atoms with van der Waals surface area (Å²) in [5.41, 5.74) is 1.97. The van der Waals surface area contributed by atoms with Gasteiger partial charge in [-0.25, -0.2) is 0 Å². The highest BCUT2D eigenvalue weighted by Gasteiger charge is 2.03. The maximum Gasteiger partial charge on any atom is 0.0948 e. The molecule has 1 aromatic carbocycles. The summed E-state index contributed by atoms with van der Waals surface area (Å²) < 4.78 is 0. The molecule has 1 heterocycles. The lowest BCUT2D eigenvalue weighted by molar-refractivity contribution is 1.21. The number of halogens is 1. The van der Waals surface area contributed by atoms with Crippen LogP contribution in [0.15, 0.2) is 30.5 Å². The van der Waals surface area contributed by atoms with Crippen LogP contribution in [-0.2, 0) is 0 Å². The van der Waals surface area contributed by atoms with Crippen LogP contribution in [0.1, 0.15) is 6.92 Å². The summed E-state index contributed by atoms with van der Waals surface area (Å²) in [5, 5.41) is 4.99. The Kier molecular flexibility index (Phi) is 2.55. The van der Waals surface area contributed by atoms with Crippen LogP contribution in [0.2, 0.25) is 5.02 Å². The second-order valence-electron chi connectivity index (χ2n) is 3.02. The molecule has 0 amide bonds. The van der Waals surface area contributed by atoms with E-state index >= 15 is 0 Å². The van der Waals surface area contributed by atoms with Crippen molar-refractivity contribution >= 4 is 28.2 Å². The summed E-state index contributed by atoms with van der Waals surface area (Å²) in [6.45, 7) is 2.94. The van der Waals surface area contributed by atoms with Crippen LogP contribution in [0.4, 0.5) is 5.69 Å². The zero-order chi connectivity index (χ0) is 9.97. The first-order valence-corrected chi connectivity index (χ1v) is 4.98. The van der Waals surface area contributed by atoms with E-state index in [0.717, 1.165) is 28.2 Å². The van der Waals surface area contributed by atoms with Gasteiger partial charge in [-0.05, 0) is 31.2 Å². The van der Waals surface area contributed by atoms with Crippen molar-refractivity contribution in [2.75, 3.05) is 11.9 Å². The van der Waals surface area contributed by atoms with Gasteiger partial charge in [0.2, 0.25) is 0 Å². The molecule has 72 valence electrons. The number of benzene rings is 1. The third-order valence-electron chi connectivity index (χ3n) is 2.08. The summed E-state index contributed by atoms with van der Waals surface area (Å²) in [6, 6.07) is 7.72. The molecule has 0 spiro atoms. The summed E-state index contributed by atoms with van der Waals surface area (Å²) in [7, 11) is 0. The third kappa shape index (κ3) is 1.53. The Hall–Kier alpha value is -1.28. The maximum absolute atomic E-state index is 6.06. The lowest BCUT2D eigenvalue weighted by atomic mass is 10.2. The molecule has 0 bridgehead atoms. The molecule has 3 heteroatoms. The number of aromatic nitrogens is 1. The smallest absolute Gasteiger partial charge is 0.0948 e. The number of hydrogen-bond donors (Lipinski definition) is 1. The molecule has 1 N–H and O–H groups in total. The average molecular weight is 207 g/mol. The molecule has 2 aromatic rings. The molecule has 2 nitrogen and oxygen atoms in total. The van der Waals surface area contributed by atoms with Crippen LogP contribution in [0.5, 0.6) is 0 Å². The molecule has 1 aromatic heterocycles. The molecule has 0 unspecified atom stereocenters. The first-order valence-electron chi connectivity index (χ1n) is 4.60. The molecular formula is C11H11ClN2. The van der Waals surface area contributed by atoms with Crippen LogP contribution in [0, 0.1) is 0 Å². The Morgan fingerprint density at radius 2 is 2.21 bits per heavy atom. The maximum atomic E-state index is 6.06. The van der Waals surface area contributed by atoms with Gasteiger partial charge < -0.3 is 5.32 Å². The largest absolute Gasteiger partial charge is 0.384 e. The second-order valence-corrected chi connectivity index (χ2v) is 3.43. The van der Waals surface area contributed by atoms with Gasteiger partial charge in [0.25, 0.3) is 0 Å². The predicted octanol–water partition coefficient (Wildman–Crippen LogP) is 3.32. The van der Waals surface area contributed by atoms with Gasteiger partial charge in [0, 0.05) is 18.1 Å². The highest BCUT2D eigenvalue weighted by atomic mass is 35.5. The summed E-state index contributed by atoms with van der Waals surface area (Å²) in [4.78, 5) is 4.31. The average Bonchev–Trinajstić information content (AvgIpc) is 2.23. The minimum absolute atomic E-state index is 0.745. The lowest BCUT2D eigenvalue weighted by Gasteiger charge is -2.07. The van der Waals surface area contributed by atoms with E-state index in [1.807, 2.05) is 24.3 Å². The van der Waals surface area contributed by atoms with Gasteiger partial charge in [0.05, 0.1) is 16.2 Å². The number of rotatable bonds is 2. The van der Waals surface area contributed by atoms with Crippen molar-refractivity contribution in [1.29, 1.82) is 0 Å². The van der Waals surface area contributed by atoms with Crippen molar-refractivity contribution in [3.05, 3.63) is 35.5 Å². The lowest BCUT2D eigenvalue weighted by Crippen LogP contribution is -1.97. The Balaban J connectivity index is 2.68. The minimum atomic E-state index is 0.745. The first-order chi connectivity index (χ1) is 6.83. The van der Waals surface area contributed by atoms with Crippen molar-refractivity contribution < 1.29 is 0 Å². The SMILES string of the molecule is CCNc1ccc(Cl)c2cccnc12. The molecule has 0 aliphatic heterocycles. The molecule has 0 saturated heterocycles. The highest BCUT2D eigenvalue weighted by Crippen LogP contribution is 2.27. The topological polar surface area (TPSA) is 24.9 Å². The molecule has 0 aliphatic rings. The van der Waals surface area contributed by atoms with Gasteiger partial charge in [0.15, 0.2) is 0 Å². The van der Waals surface area contributed by atoms with E-state index in [4.69, 9.17) is 11.6 Å². The number of anilines is 1. The van der Waals surface area contributed by atoms with E-state index in [9.17, 15) is 0 Å². The Morgan fingerprint density at radius 3 is 3.00 bits per heavy atom. The van der Waals surface area contributed by atoms with Gasteiger partial charge in [-0.1, -0.05) is 11.6 Å². The molecule has 2 rings (SSSR count). The molecule has 0 aliphatic carbocycles. The standard InChI is InChI=1S/C11H11ClN2/c1-2-13-10-6-5-9(12)8-4-3-7-14-11(8)10/h3-7,13H,2H2,1H3. The fraction of sp³-hybridized carbons (Fsp3) is 0.182. The molecular weight excluding hydrogens is 196 g/mol. The van der Waals surface area contributed by atoms with Crippen molar-refractivity contribution in [3.63, 3.8) is 0 Å². The molecule has 0 fully saturated rings. The molecule has 0 radical (unpaired) electrons. The third-order valence-corrected chi connectivity index (χ3v) is 2.41. The number of nitrogens with zero attached hydrogens (tertiary/aromatic N) is 1. The number of fused-ring (bicyclic) bond motifs is 1. The number of nitrogens with one attached hydrogen (secondary N) is 1. The van der Waals surface area contributed by atoms with Gasteiger partial charge in [-0.2, -0.15) is 0 Å². The predicted molar refractivity (Wildman–Crippen MR) is 60.9 cm³/mol. The zero-order valence-corrected chi connectivity index (χ0v) is 8.67. The minimum Gasteiger partial charge on any atom is -0.384 e. The van der Waals surface area contributed by atoms with E-state index in [1.54, 1.807) is 6.20 Å². The number of pyridine rings is 1. The molecule has 14 heavy (non-hydrogen) atoms. The highest BCUT2D eigenvalue weighted by molar-refractivity contribution is 6.35. The van der Waals surface area contributed by atoms with Crippen molar-refractivity contribution in [3.8, 4) is 0 Å². The van der Waals surface area contributed by atoms with Crippen molar-refractivity contribution in [2.24, 2.45) is 0 Å². The summed E-state index contributed by atoms with van der Waals surface area (Å²) in [5.74, 6) is 0. The van der Waals surface area contributed by atoms with Crippen molar-refractivity contribution in [1.82, 2.24) is 4.98 Å². The van der Waals surface area contributed by atoms with Gasteiger partial charge in [-0.15, -0.1) is 0 Å². The quantitative estimate of drug-likeness (QED) is 0.816. The fourth-order valence-corrected chi connectivity index (χ4v) is 1.69.